The van der Waals surface area contributed by atoms with Gasteiger partial charge in [0.2, 0.25) is 13.4 Å². The number of rotatable bonds is 14. The molecule has 5 rings (SSSR count). The first-order chi connectivity index (χ1) is 25.9. The Bertz CT molecular complexity index is 2080. The predicted molar refractivity (Wildman–Crippen MR) is 242 cm³/mol. The monoisotopic (exact) mass is 688 g/mol. The van der Waals surface area contributed by atoms with E-state index in [4.69, 9.17) is 6.58 Å². The summed E-state index contributed by atoms with van der Waals surface area (Å²) in [5.74, 6) is 0. The number of unbranched alkanes of at least 4 members (excludes halogenated alkanes) is 1. The molecule has 0 nitrogen and oxygen atoms in total. The maximum Gasteiger partial charge on any atom is 0.241 e. The summed E-state index contributed by atoms with van der Waals surface area (Å²) in [6, 6.07) is 36.9. The van der Waals surface area contributed by atoms with Gasteiger partial charge in [-0.25, -0.2) is 0 Å². The van der Waals surface area contributed by atoms with Crippen molar-refractivity contribution < 1.29 is 0 Å². The van der Waals surface area contributed by atoms with E-state index in [2.05, 4.69) is 194 Å². The fourth-order valence-corrected chi connectivity index (χ4v) is 7.04. The number of hydrogen-bond acceptors (Lipinski definition) is 0. The molecule has 0 unspecified atom stereocenters. The highest BCUT2D eigenvalue weighted by Gasteiger charge is 2.38. The minimum Gasteiger partial charge on any atom is -0.104 e. The van der Waals surface area contributed by atoms with Gasteiger partial charge in [0.25, 0.3) is 0 Å². The SMILES string of the molecule is C=C/C=C(C=C)/C(C)=C/C(=C\C(=C)B1C(/C=C\C)=C(C=C)c2cccc(B(c3ccccc3)c3ccccc3/C=C\C)c21)c1ccccc1.CCCC. The summed E-state index contributed by atoms with van der Waals surface area (Å²) >= 11 is 0. The third-order valence-electron chi connectivity index (χ3n) is 9.65. The van der Waals surface area contributed by atoms with E-state index in [1.807, 2.05) is 18.2 Å². The summed E-state index contributed by atoms with van der Waals surface area (Å²) in [7, 11) is 0. The van der Waals surface area contributed by atoms with Crippen molar-refractivity contribution in [2.24, 2.45) is 0 Å². The summed E-state index contributed by atoms with van der Waals surface area (Å²) < 4.78 is 0. The van der Waals surface area contributed by atoms with E-state index in [-0.39, 0.29) is 13.4 Å². The van der Waals surface area contributed by atoms with E-state index in [9.17, 15) is 0 Å². The van der Waals surface area contributed by atoms with Gasteiger partial charge < -0.3 is 0 Å². The van der Waals surface area contributed by atoms with Gasteiger partial charge in [0.15, 0.2) is 0 Å². The lowest BCUT2D eigenvalue weighted by Gasteiger charge is -2.24. The summed E-state index contributed by atoms with van der Waals surface area (Å²) in [5, 5.41) is 0. The fraction of sp³-hybridized carbons (Fsp3) is 0.137. The van der Waals surface area contributed by atoms with Crippen LogP contribution in [0, 0.1) is 0 Å². The fourth-order valence-electron chi connectivity index (χ4n) is 7.04. The largest absolute Gasteiger partial charge is 0.241 e. The maximum absolute atomic E-state index is 4.83. The van der Waals surface area contributed by atoms with Crippen molar-refractivity contribution in [3.8, 4) is 0 Å². The van der Waals surface area contributed by atoms with E-state index < -0.39 is 0 Å². The van der Waals surface area contributed by atoms with Crippen molar-refractivity contribution in [3.63, 3.8) is 0 Å². The van der Waals surface area contributed by atoms with Gasteiger partial charge in [0, 0.05) is 0 Å². The van der Waals surface area contributed by atoms with Crippen LogP contribution in [0.2, 0.25) is 0 Å². The van der Waals surface area contributed by atoms with Crippen LogP contribution in [0.4, 0.5) is 0 Å². The second-order valence-corrected chi connectivity index (χ2v) is 13.2. The zero-order valence-electron chi connectivity index (χ0n) is 32.5. The lowest BCUT2D eigenvalue weighted by molar-refractivity contribution is 0.886. The molecule has 1 heterocycles. The average Bonchev–Trinajstić information content (AvgIpc) is 3.52. The second kappa shape index (κ2) is 20.4. The van der Waals surface area contributed by atoms with Gasteiger partial charge in [0.05, 0.1) is 0 Å². The molecule has 0 aromatic heterocycles. The molecule has 264 valence electrons. The van der Waals surface area contributed by atoms with Gasteiger partial charge in [0.1, 0.15) is 0 Å². The third kappa shape index (κ3) is 9.65. The summed E-state index contributed by atoms with van der Waals surface area (Å²) in [6.07, 6.45) is 23.5. The molecule has 1 aliphatic rings. The van der Waals surface area contributed by atoms with Crippen molar-refractivity contribution in [2.45, 2.75) is 47.5 Å². The van der Waals surface area contributed by atoms with Gasteiger partial charge in [-0.1, -0.05) is 243 Å². The smallest absolute Gasteiger partial charge is 0.104 e. The molecule has 4 aromatic rings. The molecule has 0 saturated carbocycles. The molecule has 0 fully saturated rings. The molecule has 0 spiro atoms. The van der Waals surface area contributed by atoms with Crippen LogP contribution in [0.3, 0.4) is 0 Å². The summed E-state index contributed by atoms with van der Waals surface area (Å²) in [4.78, 5) is 0. The highest BCUT2D eigenvalue weighted by atomic mass is 14.2. The topological polar surface area (TPSA) is 0 Å². The third-order valence-corrected chi connectivity index (χ3v) is 9.65. The molecule has 4 aromatic carbocycles. The van der Waals surface area contributed by atoms with E-state index in [0.29, 0.717) is 0 Å². The Morgan fingerprint density at radius 3 is 1.94 bits per heavy atom. The minimum absolute atomic E-state index is 0.00813. The van der Waals surface area contributed by atoms with Crippen molar-refractivity contribution in [1.82, 2.24) is 0 Å². The van der Waals surface area contributed by atoms with Crippen LogP contribution in [0.15, 0.2) is 206 Å². The van der Waals surface area contributed by atoms with Crippen molar-refractivity contribution >= 4 is 52.5 Å². The molecule has 0 amide bonds. The summed E-state index contributed by atoms with van der Waals surface area (Å²) in [6.45, 7) is 27.7. The second-order valence-electron chi connectivity index (χ2n) is 13.2. The Balaban J connectivity index is 0.00000149. The van der Waals surface area contributed by atoms with Crippen LogP contribution in [-0.2, 0) is 0 Å². The Kier molecular flexibility index (Phi) is 15.5. The van der Waals surface area contributed by atoms with Crippen LogP contribution in [-0.4, -0.2) is 13.4 Å². The Labute approximate surface area is 321 Å². The van der Waals surface area contributed by atoms with Gasteiger partial charge in [-0.05, 0) is 59.8 Å². The Morgan fingerprint density at radius 2 is 1.34 bits per heavy atom. The first kappa shape index (κ1) is 40.2. The van der Waals surface area contributed by atoms with Crippen LogP contribution in [0.5, 0.6) is 0 Å². The molecule has 0 N–H and O–H groups in total. The maximum atomic E-state index is 4.83. The van der Waals surface area contributed by atoms with E-state index in [0.717, 1.165) is 33.3 Å². The van der Waals surface area contributed by atoms with Gasteiger partial charge in [-0.2, -0.15) is 0 Å². The summed E-state index contributed by atoms with van der Waals surface area (Å²) in [5.41, 5.74) is 15.2. The van der Waals surface area contributed by atoms with Crippen LogP contribution in [0.1, 0.15) is 64.2 Å². The molecule has 0 radical (unpaired) electrons. The lowest BCUT2D eigenvalue weighted by Crippen LogP contribution is -2.60. The van der Waals surface area contributed by atoms with Crippen LogP contribution in [0.25, 0.3) is 17.2 Å². The first-order valence-corrected chi connectivity index (χ1v) is 18.9. The zero-order chi connectivity index (χ0) is 38.2. The minimum atomic E-state index is -0.0782. The Morgan fingerprint density at radius 1 is 0.717 bits per heavy atom. The zero-order valence-corrected chi connectivity index (χ0v) is 32.5. The van der Waals surface area contributed by atoms with Crippen LogP contribution < -0.4 is 21.9 Å². The number of fused-ring (bicyclic) bond motifs is 1. The standard InChI is InChI=1S/C47H44B2.C4H10/c1-8-22-37(11-4)35(6)33-40(38-25-15-13-16-26-38)34-36(7)48-45(24-10-3)42(12-5)43-30-21-32-46(47(43)48)49(41-28-17-14-18-29-41)44-31-20-19-27-39(44)23-9-2;1-3-4-2/h8-34H,1,4-5,7H2,2-3,6H3;3-4H2,1-2H3/b23-9-,24-10-,35-33+,37-22+,40-34+;. The van der Waals surface area contributed by atoms with Crippen LogP contribution >= 0.6 is 0 Å². The number of benzene rings is 4. The lowest BCUT2D eigenvalue weighted by atomic mass is 9.28. The molecular formula is C51H54B2. The van der Waals surface area contributed by atoms with Gasteiger partial charge in [-0.15, -0.1) is 6.58 Å². The van der Waals surface area contributed by atoms with Crippen molar-refractivity contribution in [2.75, 3.05) is 0 Å². The first-order valence-electron chi connectivity index (χ1n) is 18.9. The number of hydrogen-bond donors (Lipinski definition) is 0. The normalized spacial score (nSPS) is 13.2. The molecular weight excluding hydrogens is 634 g/mol. The molecule has 1 aliphatic heterocycles. The van der Waals surface area contributed by atoms with E-state index in [1.165, 1.54) is 51.3 Å². The molecule has 0 bridgehead atoms. The molecule has 0 atom stereocenters. The van der Waals surface area contributed by atoms with E-state index >= 15 is 0 Å². The van der Waals surface area contributed by atoms with Gasteiger partial charge in [-0.3, -0.25) is 0 Å². The molecule has 0 aliphatic carbocycles. The quantitative estimate of drug-likeness (QED) is 0.0914. The number of allylic oxidation sites excluding steroid dienone is 15. The Hall–Kier alpha value is -5.59. The van der Waals surface area contributed by atoms with Crippen molar-refractivity contribution in [3.05, 3.63) is 223 Å². The van der Waals surface area contributed by atoms with Gasteiger partial charge >= 0.3 is 0 Å². The predicted octanol–water partition coefficient (Wildman–Crippen LogP) is 11.2. The highest BCUT2D eigenvalue weighted by Crippen LogP contribution is 2.33. The average molecular weight is 689 g/mol. The van der Waals surface area contributed by atoms with Crippen molar-refractivity contribution in [1.29, 1.82) is 0 Å². The molecule has 53 heavy (non-hydrogen) atoms. The molecule has 2 heteroatoms. The van der Waals surface area contributed by atoms with E-state index in [1.54, 1.807) is 6.08 Å². The molecule has 0 saturated heterocycles. The highest BCUT2D eigenvalue weighted by molar-refractivity contribution is 7.02.